The maximum Gasteiger partial charge on any atom is 0.481 e. The third kappa shape index (κ3) is 9.50. The molecule has 2 bridgehead atoms. The van der Waals surface area contributed by atoms with Gasteiger partial charge in [-0.25, -0.2) is 19.9 Å². The first kappa shape index (κ1) is 38.1. The molecular weight excluding hydrogens is 631 g/mol. The summed E-state index contributed by atoms with van der Waals surface area (Å²) < 4.78 is 18.6. The highest BCUT2D eigenvalue weighted by Crippen LogP contribution is 2.65. The summed E-state index contributed by atoms with van der Waals surface area (Å²) >= 11 is 0. The van der Waals surface area contributed by atoms with Crippen molar-refractivity contribution in [1.29, 1.82) is 0 Å². The van der Waals surface area contributed by atoms with Gasteiger partial charge in [0.2, 0.25) is 5.91 Å². The van der Waals surface area contributed by atoms with Crippen molar-refractivity contribution in [3.05, 3.63) is 39.9 Å². The van der Waals surface area contributed by atoms with Gasteiger partial charge in [-0.2, -0.15) is 0 Å². The molecule has 0 unspecified atom stereocenters. The molecular formula is C34H53BN6O8. The predicted molar refractivity (Wildman–Crippen MR) is 186 cm³/mol. The van der Waals surface area contributed by atoms with Crippen molar-refractivity contribution in [3.8, 4) is 0 Å². The minimum absolute atomic E-state index is 0.0455. The van der Waals surface area contributed by atoms with Crippen LogP contribution in [-0.4, -0.2) is 65.7 Å². The van der Waals surface area contributed by atoms with Crippen LogP contribution < -0.4 is 21.8 Å². The van der Waals surface area contributed by atoms with Gasteiger partial charge in [-0.3, -0.25) is 14.9 Å². The summed E-state index contributed by atoms with van der Waals surface area (Å²) in [4.78, 5) is 54.6. The van der Waals surface area contributed by atoms with E-state index in [0.717, 1.165) is 12.8 Å². The number of nitrogens with zero attached hydrogens (tertiary/aromatic N) is 2. The fourth-order valence-electron chi connectivity index (χ4n) is 7.64. The molecule has 4 aliphatic rings. The van der Waals surface area contributed by atoms with Gasteiger partial charge in [-0.15, -0.1) is 0 Å². The normalized spacial score (nSPS) is 25.4. The van der Waals surface area contributed by atoms with Gasteiger partial charge in [0.1, 0.15) is 5.60 Å². The number of ether oxygens (including phenoxy) is 1. The van der Waals surface area contributed by atoms with E-state index in [4.69, 9.17) is 19.8 Å². The summed E-state index contributed by atoms with van der Waals surface area (Å²) in [6, 6.07) is 6.47. The standard InChI is InChI=1S/C34H53BN6O8/c1-20(2)15-28(35-48-27-19-23-18-26(33(23,6)7)34(27,8)49-35)39-29(43)22(12-10-14-37-30(36)40-41(45)46)17-25(42)21-11-9-13-24(16-21)38-31(44)47-32(3,4)5/h9,11,13,16,20,22-23,26-28H,10,12,14-15,17-19H2,1-8H3,(H,38,44)(H,39,43)(H3,36,37,40)/t22-,23+,26+,27-,28+,34+/m1/s1. The van der Waals surface area contributed by atoms with Gasteiger partial charge >= 0.3 is 13.2 Å². The summed E-state index contributed by atoms with van der Waals surface area (Å²) in [5.74, 6) is -0.971. The molecule has 15 heteroatoms. The number of hydrogen-bond donors (Lipinski definition) is 4. The van der Waals surface area contributed by atoms with Gasteiger partial charge in [-0.05, 0) is 95.1 Å². The number of amides is 2. The van der Waals surface area contributed by atoms with Crippen molar-refractivity contribution < 1.29 is 33.5 Å². The topological polar surface area (TPSA) is 197 Å². The van der Waals surface area contributed by atoms with Crippen LogP contribution >= 0.6 is 0 Å². The van der Waals surface area contributed by atoms with E-state index in [2.05, 4.69) is 50.2 Å². The van der Waals surface area contributed by atoms with Gasteiger partial charge < -0.3 is 25.1 Å². The highest BCUT2D eigenvalue weighted by Gasteiger charge is 2.68. The zero-order valence-electron chi connectivity index (χ0n) is 30.0. The lowest BCUT2D eigenvalue weighted by Gasteiger charge is -2.64. The van der Waals surface area contributed by atoms with Crippen molar-refractivity contribution in [3.63, 3.8) is 0 Å². The summed E-state index contributed by atoms with van der Waals surface area (Å²) in [7, 11) is -0.624. The number of ketones is 1. The molecule has 5 rings (SSSR count). The maximum atomic E-state index is 14.0. The number of hydrogen-bond acceptors (Lipinski definition) is 9. The van der Waals surface area contributed by atoms with E-state index in [9.17, 15) is 24.5 Å². The molecule has 1 heterocycles. The van der Waals surface area contributed by atoms with Crippen molar-refractivity contribution in [2.75, 3.05) is 11.9 Å². The summed E-state index contributed by atoms with van der Waals surface area (Å²) in [6.45, 7) is 16.3. The van der Waals surface area contributed by atoms with Crippen LogP contribution in [0.25, 0.3) is 0 Å². The number of guanidine groups is 1. The molecule has 0 spiro atoms. The quantitative estimate of drug-likeness (QED) is 0.0398. The first-order valence-electron chi connectivity index (χ1n) is 17.3. The van der Waals surface area contributed by atoms with E-state index in [1.54, 1.807) is 50.5 Å². The zero-order valence-corrected chi connectivity index (χ0v) is 30.0. The largest absolute Gasteiger partial charge is 0.481 e. The van der Waals surface area contributed by atoms with E-state index in [0.29, 0.717) is 35.9 Å². The molecule has 0 radical (unpaired) electrons. The van der Waals surface area contributed by atoms with E-state index in [-0.39, 0.29) is 54.5 Å². The van der Waals surface area contributed by atoms with Gasteiger partial charge in [0.15, 0.2) is 10.8 Å². The van der Waals surface area contributed by atoms with Gasteiger partial charge in [0.25, 0.3) is 5.96 Å². The Bertz CT molecular complexity index is 1430. The third-order valence-electron chi connectivity index (χ3n) is 10.2. The number of carbonyl (C=O) groups excluding carboxylic acids is 3. The molecule has 14 nitrogen and oxygen atoms in total. The van der Waals surface area contributed by atoms with Crippen LogP contribution in [0.3, 0.4) is 0 Å². The Morgan fingerprint density at radius 2 is 1.92 bits per heavy atom. The monoisotopic (exact) mass is 684 g/mol. The summed E-state index contributed by atoms with van der Waals surface area (Å²) in [6.07, 6.45) is 2.44. The van der Waals surface area contributed by atoms with Crippen LogP contribution in [-0.2, 0) is 18.8 Å². The van der Waals surface area contributed by atoms with E-state index in [1.165, 1.54) is 0 Å². The molecule has 1 aromatic carbocycles. The number of carbonyl (C=O) groups is 3. The summed E-state index contributed by atoms with van der Waals surface area (Å²) in [5.41, 5.74) is 7.10. The second-order valence-electron chi connectivity index (χ2n) is 15.9. The fraction of sp³-hybridized carbons (Fsp3) is 0.706. The highest BCUT2D eigenvalue weighted by molar-refractivity contribution is 6.47. The lowest BCUT2D eigenvalue weighted by Crippen LogP contribution is -2.65. The number of nitro groups is 1. The Kier molecular flexibility index (Phi) is 11.7. The molecule has 49 heavy (non-hydrogen) atoms. The van der Waals surface area contributed by atoms with Crippen molar-refractivity contribution in [2.24, 2.45) is 39.8 Å². The number of hydrazine groups is 1. The molecule has 270 valence electrons. The van der Waals surface area contributed by atoms with Crippen molar-refractivity contribution in [2.45, 2.75) is 117 Å². The predicted octanol–water partition coefficient (Wildman–Crippen LogP) is 4.90. The number of benzene rings is 1. The Morgan fingerprint density at radius 1 is 1.20 bits per heavy atom. The minimum atomic E-state index is -0.803. The van der Waals surface area contributed by atoms with Gasteiger partial charge in [0, 0.05) is 30.1 Å². The SMILES string of the molecule is CC(C)C[C@H](NC(=O)[C@H](CCCN=C(N)N[N+](=O)[O-])CC(=O)c1cccc(NC(=O)OC(C)(C)C)c1)B1O[C@@H]2C[C@@H]3C[C@@H](C3(C)C)[C@]2(C)O1. The van der Waals surface area contributed by atoms with Crippen LogP contribution in [0, 0.1) is 39.2 Å². The highest BCUT2D eigenvalue weighted by atomic mass is 16.7. The molecule has 1 aromatic rings. The van der Waals surface area contributed by atoms with Crippen LogP contribution in [0.2, 0.25) is 0 Å². The lowest BCUT2D eigenvalue weighted by molar-refractivity contribution is -0.525. The van der Waals surface area contributed by atoms with E-state index < -0.39 is 41.3 Å². The molecule has 2 amide bonds. The van der Waals surface area contributed by atoms with Crippen molar-refractivity contribution in [1.82, 2.24) is 10.7 Å². The molecule has 5 N–H and O–H groups in total. The van der Waals surface area contributed by atoms with E-state index >= 15 is 0 Å². The van der Waals surface area contributed by atoms with Gasteiger partial charge in [0.05, 0.1) is 17.6 Å². The number of nitrogens with one attached hydrogen (secondary N) is 3. The van der Waals surface area contributed by atoms with Gasteiger partial charge in [-0.1, -0.05) is 45.3 Å². The number of Topliss-reactive ketones (excluding diaryl/α,β-unsaturated/α-hetero) is 1. The molecule has 3 aliphatic carbocycles. The van der Waals surface area contributed by atoms with Crippen LogP contribution in [0.1, 0.15) is 104 Å². The number of aliphatic imine (C=N–C) groups is 1. The first-order chi connectivity index (χ1) is 22.8. The van der Waals surface area contributed by atoms with Crippen LogP contribution in [0.5, 0.6) is 0 Å². The second-order valence-corrected chi connectivity index (χ2v) is 15.9. The molecule has 0 aromatic heterocycles. The number of nitrogens with two attached hydrogens (primary N) is 1. The average Bonchev–Trinajstić information content (AvgIpc) is 3.34. The molecule has 4 fully saturated rings. The number of anilines is 1. The Morgan fingerprint density at radius 3 is 2.55 bits per heavy atom. The van der Waals surface area contributed by atoms with Crippen LogP contribution in [0.15, 0.2) is 29.3 Å². The average molecular weight is 685 g/mol. The fourth-order valence-corrected chi connectivity index (χ4v) is 7.64. The first-order valence-corrected chi connectivity index (χ1v) is 17.3. The Labute approximate surface area is 289 Å². The molecule has 6 atom stereocenters. The lowest BCUT2D eigenvalue weighted by atomic mass is 9.43. The third-order valence-corrected chi connectivity index (χ3v) is 10.2. The summed E-state index contributed by atoms with van der Waals surface area (Å²) in [5, 5.41) is 15.7. The molecule has 1 saturated heterocycles. The number of rotatable bonds is 14. The van der Waals surface area contributed by atoms with E-state index in [1.807, 2.05) is 0 Å². The molecule has 3 saturated carbocycles. The van der Waals surface area contributed by atoms with Crippen LogP contribution in [0.4, 0.5) is 10.5 Å². The smallest absolute Gasteiger partial charge is 0.444 e. The molecule has 1 aliphatic heterocycles. The Hall–Kier alpha value is -3.72. The minimum Gasteiger partial charge on any atom is -0.444 e. The Balaban J connectivity index is 1.49. The van der Waals surface area contributed by atoms with Crippen molar-refractivity contribution >= 4 is 36.5 Å². The zero-order chi connectivity index (χ0) is 36.3. The second kappa shape index (κ2) is 15.0. The maximum absolute atomic E-state index is 14.0.